The van der Waals surface area contributed by atoms with Gasteiger partial charge in [-0.05, 0) is 25.1 Å². The van der Waals surface area contributed by atoms with E-state index in [1.165, 1.54) is 0 Å². The van der Waals surface area contributed by atoms with Crippen molar-refractivity contribution in [1.82, 2.24) is 14.9 Å². The number of benzene rings is 1. The Bertz CT molecular complexity index is 1180. The van der Waals surface area contributed by atoms with E-state index in [0.29, 0.717) is 19.0 Å². The van der Waals surface area contributed by atoms with Crippen LogP contribution in [0.4, 0.5) is 46.8 Å². The van der Waals surface area contributed by atoms with E-state index < -0.39 is 83.5 Å². The number of carbonyl (C=O) groups is 1. The van der Waals surface area contributed by atoms with Gasteiger partial charge in [0.2, 0.25) is 11.7 Å². The van der Waals surface area contributed by atoms with E-state index >= 15 is 4.39 Å². The van der Waals surface area contributed by atoms with Crippen molar-refractivity contribution in [3.63, 3.8) is 0 Å². The maximum absolute atomic E-state index is 15.4. The third-order valence-corrected chi connectivity index (χ3v) is 6.67. The molecule has 0 bridgehead atoms. The van der Waals surface area contributed by atoms with Gasteiger partial charge in [0.15, 0.2) is 11.6 Å². The van der Waals surface area contributed by atoms with Crippen molar-refractivity contribution >= 4 is 17.5 Å². The topological polar surface area (TPSA) is 87.4 Å². The predicted molar refractivity (Wildman–Crippen MR) is 120 cm³/mol. The Balaban J connectivity index is 1.53. The number of halogens is 8. The second kappa shape index (κ2) is 10.5. The fraction of sp³-hybridized carbons (Fsp3) is 0.522. The number of amides is 1. The van der Waals surface area contributed by atoms with E-state index in [1.807, 2.05) is 0 Å². The average Bonchev–Trinajstić information content (AvgIpc) is 3.13. The number of primary amides is 1. The summed E-state index contributed by atoms with van der Waals surface area (Å²) in [6.45, 7) is -0.874. The van der Waals surface area contributed by atoms with Gasteiger partial charge in [-0.1, -0.05) is 6.07 Å². The van der Waals surface area contributed by atoms with Crippen molar-refractivity contribution in [2.45, 2.75) is 37.2 Å². The molecule has 2 aliphatic rings. The number of nitrogens with one attached hydrogen (secondary N) is 1. The van der Waals surface area contributed by atoms with Gasteiger partial charge in [0, 0.05) is 31.0 Å². The smallest absolute Gasteiger partial charge is 0.369 e. The number of hydrogen-bond donors (Lipinski definition) is 2. The number of alkyl halides is 6. The number of rotatable bonds is 7. The van der Waals surface area contributed by atoms with E-state index in [9.17, 15) is 35.5 Å². The largest absolute Gasteiger partial charge is 0.416 e. The minimum Gasteiger partial charge on any atom is -0.369 e. The molecular weight excluding hydrogens is 528 g/mol. The summed E-state index contributed by atoms with van der Waals surface area (Å²) in [4.78, 5) is 20.9. The first-order chi connectivity index (χ1) is 17.7. The molecular formula is C23H24F8N6O. The van der Waals surface area contributed by atoms with E-state index in [1.54, 1.807) is 4.90 Å². The molecule has 0 spiro atoms. The molecule has 2 unspecified atom stereocenters. The van der Waals surface area contributed by atoms with E-state index in [0.717, 1.165) is 17.3 Å². The van der Waals surface area contributed by atoms with Gasteiger partial charge in [0.1, 0.15) is 18.3 Å². The summed E-state index contributed by atoms with van der Waals surface area (Å²) in [5.74, 6) is -8.08. The molecule has 2 fully saturated rings. The van der Waals surface area contributed by atoms with Crippen LogP contribution in [0.15, 0.2) is 24.5 Å². The van der Waals surface area contributed by atoms with Crippen LogP contribution >= 0.6 is 0 Å². The van der Waals surface area contributed by atoms with Crippen LogP contribution in [0.1, 0.15) is 30.0 Å². The molecule has 1 amide bonds. The standard InChI is InChI=1S/C23H24F8N6O/c24-15-5-13(23(29,30)31)1-2-14(15)17-6-22(27,28)10-37(17)21-19(26)20(34-11-35-21)33-7-12-3-4-36(8-16(12)25)9-18(32)38/h1-2,5,11-12,16-17H,3-4,6-10H2,(H2,32,38)(H,33,34,35)/t12?,16?,17-/m1/s1. The average molecular weight is 552 g/mol. The van der Waals surface area contributed by atoms with Crippen LogP contribution in [0.5, 0.6) is 0 Å². The third-order valence-electron chi connectivity index (χ3n) is 6.67. The number of nitrogens with zero attached hydrogens (tertiary/aromatic N) is 4. The van der Waals surface area contributed by atoms with Crippen LogP contribution in [-0.2, 0) is 11.0 Å². The minimum atomic E-state index is -4.84. The van der Waals surface area contributed by atoms with Gasteiger partial charge >= 0.3 is 6.18 Å². The van der Waals surface area contributed by atoms with Gasteiger partial charge in [-0.15, -0.1) is 0 Å². The highest BCUT2D eigenvalue weighted by atomic mass is 19.4. The molecule has 7 nitrogen and oxygen atoms in total. The van der Waals surface area contributed by atoms with Crippen molar-refractivity contribution in [3.8, 4) is 0 Å². The van der Waals surface area contributed by atoms with Crippen molar-refractivity contribution < 1.29 is 39.9 Å². The summed E-state index contributed by atoms with van der Waals surface area (Å²) in [5.41, 5.74) is 3.37. The second-order valence-electron chi connectivity index (χ2n) is 9.44. The highest BCUT2D eigenvalue weighted by Gasteiger charge is 2.48. The highest BCUT2D eigenvalue weighted by molar-refractivity contribution is 5.75. The van der Waals surface area contributed by atoms with Crippen LogP contribution in [0, 0.1) is 17.6 Å². The molecule has 208 valence electrons. The van der Waals surface area contributed by atoms with Crippen molar-refractivity contribution in [2.75, 3.05) is 42.9 Å². The normalized spacial score (nSPS) is 24.0. The van der Waals surface area contributed by atoms with Crippen LogP contribution in [0.25, 0.3) is 0 Å². The number of nitrogens with two attached hydrogens (primary N) is 1. The number of piperidine rings is 1. The number of aromatic nitrogens is 2. The van der Waals surface area contributed by atoms with Crippen LogP contribution in [0.3, 0.4) is 0 Å². The fourth-order valence-corrected chi connectivity index (χ4v) is 4.81. The van der Waals surface area contributed by atoms with Gasteiger partial charge < -0.3 is 16.0 Å². The summed E-state index contributed by atoms with van der Waals surface area (Å²) < 4.78 is 112. The molecule has 1 aromatic heterocycles. The quantitative estimate of drug-likeness (QED) is 0.507. The lowest BCUT2D eigenvalue weighted by atomic mass is 9.95. The van der Waals surface area contributed by atoms with Crippen molar-refractivity contribution in [3.05, 3.63) is 47.3 Å². The molecule has 0 saturated carbocycles. The summed E-state index contributed by atoms with van der Waals surface area (Å²) in [5, 5.41) is 2.65. The van der Waals surface area contributed by atoms with Gasteiger partial charge in [-0.25, -0.2) is 27.5 Å². The number of likely N-dealkylation sites (tertiary alicyclic amines) is 1. The van der Waals surface area contributed by atoms with Gasteiger partial charge in [-0.2, -0.15) is 17.6 Å². The molecule has 38 heavy (non-hydrogen) atoms. The van der Waals surface area contributed by atoms with Crippen molar-refractivity contribution in [2.24, 2.45) is 11.7 Å². The molecule has 0 aliphatic carbocycles. The van der Waals surface area contributed by atoms with E-state index in [2.05, 4.69) is 15.3 Å². The Labute approximate surface area is 212 Å². The predicted octanol–water partition coefficient (Wildman–Crippen LogP) is 3.92. The maximum Gasteiger partial charge on any atom is 0.416 e. The molecule has 4 rings (SSSR count). The van der Waals surface area contributed by atoms with Gasteiger partial charge in [0.05, 0.1) is 24.7 Å². The number of hydrogen-bond acceptors (Lipinski definition) is 6. The molecule has 0 radical (unpaired) electrons. The molecule has 3 heterocycles. The van der Waals surface area contributed by atoms with Crippen LogP contribution in [-0.4, -0.2) is 65.6 Å². The summed E-state index contributed by atoms with van der Waals surface area (Å²) >= 11 is 0. The first kappa shape index (κ1) is 27.8. The molecule has 3 N–H and O–H groups in total. The Kier molecular flexibility index (Phi) is 7.68. The summed E-state index contributed by atoms with van der Waals surface area (Å²) in [7, 11) is 0. The maximum atomic E-state index is 15.4. The number of carbonyl (C=O) groups excluding carboxylic acids is 1. The zero-order valence-corrected chi connectivity index (χ0v) is 19.8. The van der Waals surface area contributed by atoms with Gasteiger partial charge in [-0.3, -0.25) is 9.69 Å². The Morgan fingerprint density at radius 3 is 2.58 bits per heavy atom. The first-order valence-corrected chi connectivity index (χ1v) is 11.7. The number of anilines is 2. The van der Waals surface area contributed by atoms with Crippen LogP contribution in [0.2, 0.25) is 0 Å². The monoisotopic (exact) mass is 552 g/mol. The lowest BCUT2D eigenvalue weighted by molar-refractivity contribution is -0.137. The van der Waals surface area contributed by atoms with Gasteiger partial charge in [0.25, 0.3) is 5.92 Å². The summed E-state index contributed by atoms with van der Waals surface area (Å²) in [6, 6.07) is 0.0179. The SMILES string of the molecule is NC(=O)CN1CCC(CNc2ncnc(N3CC(F)(F)C[C@@H]3c3ccc(C(F)(F)F)cc3F)c2F)C(F)C1. The minimum absolute atomic E-state index is 0.0456. The summed E-state index contributed by atoms with van der Waals surface area (Å²) in [6.07, 6.45) is -5.96. The molecule has 2 aromatic rings. The second-order valence-corrected chi connectivity index (χ2v) is 9.44. The lowest BCUT2D eigenvalue weighted by Gasteiger charge is -2.34. The Morgan fingerprint density at radius 2 is 1.95 bits per heavy atom. The van der Waals surface area contributed by atoms with E-state index in [4.69, 9.17) is 5.73 Å². The molecule has 3 atom stereocenters. The van der Waals surface area contributed by atoms with Crippen molar-refractivity contribution in [1.29, 1.82) is 0 Å². The molecule has 15 heteroatoms. The molecule has 1 aromatic carbocycles. The Morgan fingerprint density at radius 1 is 1.21 bits per heavy atom. The zero-order chi connectivity index (χ0) is 27.8. The first-order valence-electron chi connectivity index (χ1n) is 11.7. The zero-order valence-electron chi connectivity index (χ0n) is 19.8. The lowest BCUT2D eigenvalue weighted by Crippen LogP contribution is -2.46. The van der Waals surface area contributed by atoms with Crippen LogP contribution < -0.4 is 16.0 Å². The third kappa shape index (κ3) is 6.08. The fourth-order valence-electron chi connectivity index (χ4n) is 4.81. The molecule has 2 aliphatic heterocycles. The molecule has 2 saturated heterocycles. The Hall–Kier alpha value is -3.23. The highest BCUT2D eigenvalue weighted by Crippen LogP contribution is 2.45. The van der Waals surface area contributed by atoms with E-state index in [-0.39, 0.29) is 25.7 Å².